The number of halogens is 3. The molecule has 0 fully saturated rings. The molecule has 0 aromatic heterocycles. The summed E-state index contributed by atoms with van der Waals surface area (Å²) >= 11 is 9.16. The molecule has 0 aliphatic carbocycles. The van der Waals surface area contributed by atoms with Crippen LogP contribution in [0, 0.1) is 0 Å². The average Bonchev–Trinajstić information content (AvgIpc) is 2.11. The molecule has 0 aliphatic heterocycles. The lowest BCUT2D eigenvalue weighted by atomic mass is 10.3. The largest absolute Gasteiger partial charge is 0.384 e. The van der Waals surface area contributed by atoms with Gasteiger partial charge in [0.2, 0.25) is 0 Å². The normalized spacial score (nSPS) is 10.1. The topological polar surface area (TPSA) is 12.0 Å². The number of hydrogen-bond donors (Lipinski definition) is 1. The molecule has 1 rings (SSSR count). The van der Waals surface area contributed by atoms with Crippen LogP contribution in [0.4, 0.5) is 10.1 Å². The third kappa shape index (κ3) is 3.53. The SMILES string of the molecule is FCCCNc1cc(Cl)ccc1Br. The lowest BCUT2D eigenvalue weighted by molar-refractivity contribution is 0.481. The van der Waals surface area contributed by atoms with Crippen molar-refractivity contribution in [1.82, 2.24) is 0 Å². The van der Waals surface area contributed by atoms with Crippen LogP contribution in [-0.4, -0.2) is 13.2 Å². The predicted molar refractivity (Wildman–Crippen MR) is 58.2 cm³/mol. The summed E-state index contributed by atoms with van der Waals surface area (Å²) in [5, 5.41) is 3.76. The molecule has 0 spiro atoms. The smallest absolute Gasteiger partial charge is 0.0911 e. The fourth-order valence-electron chi connectivity index (χ4n) is 0.923. The molecule has 1 aromatic carbocycles. The Hall–Kier alpha value is -0.280. The molecule has 0 bridgehead atoms. The van der Waals surface area contributed by atoms with Gasteiger partial charge in [0.05, 0.1) is 6.67 Å². The van der Waals surface area contributed by atoms with Gasteiger partial charge in [0.25, 0.3) is 0 Å². The second-order valence-corrected chi connectivity index (χ2v) is 3.88. The van der Waals surface area contributed by atoms with Crippen LogP contribution in [0.25, 0.3) is 0 Å². The highest BCUT2D eigenvalue weighted by atomic mass is 79.9. The molecule has 1 N–H and O–H groups in total. The molecule has 0 amide bonds. The van der Waals surface area contributed by atoms with Crippen LogP contribution >= 0.6 is 27.5 Å². The maximum Gasteiger partial charge on any atom is 0.0911 e. The van der Waals surface area contributed by atoms with E-state index in [4.69, 9.17) is 11.6 Å². The summed E-state index contributed by atoms with van der Waals surface area (Å²) < 4.78 is 12.7. The van der Waals surface area contributed by atoms with E-state index in [2.05, 4.69) is 21.2 Å². The molecule has 0 aliphatic rings. The molecule has 4 heteroatoms. The van der Waals surface area contributed by atoms with Gasteiger partial charge >= 0.3 is 0 Å². The zero-order valence-electron chi connectivity index (χ0n) is 6.99. The second kappa shape index (κ2) is 5.45. The minimum atomic E-state index is -0.300. The minimum Gasteiger partial charge on any atom is -0.384 e. The fourth-order valence-corrected chi connectivity index (χ4v) is 1.48. The van der Waals surface area contributed by atoms with Gasteiger partial charge in [-0.15, -0.1) is 0 Å². The first-order valence-electron chi connectivity index (χ1n) is 3.99. The van der Waals surface area contributed by atoms with Gasteiger partial charge in [-0.1, -0.05) is 11.6 Å². The summed E-state index contributed by atoms with van der Waals surface area (Å²) in [5.41, 5.74) is 0.904. The zero-order chi connectivity index (χ0) is 9.68. The lowest BCUT2D eigenvalue weighted by Gasteiger charge is -2.07. The molecule has 0 unspecified atom stereocenters. The molecule has 1 aromatic rings. The zero-order valence-corrected chi connectivity index (χ0v) is 9.33. The quantitative estimate of drug-likeness (QED) is 0.816. The Balaban J connectivity index is 2.59. The van der Waals surface area contributed by atoms with Crippen LogP contribution in [0.2, 0.25) is 5.02 Å². The van der Waals surface area contributed by atoms with Gasteiger partial charge in [-0.3, -0.25) is 4.39 Å². The Morgan fingerprint density at radius 2 is 2.23 bits per heavy atom. The molecule has 0 heterocycles. The number of hydrogen-bond acceptors (Lipinski definition) is 1. The van der Waals surface area contributed by atoms with Crippen molar-refractivity contribution in [3.8, 4) is 0 Å². The lowest BCUT2D eigenvalue weighted by Crippen LogP contribution is -2.02. The van der Waals surface area contributed by atoms with Crippen molar-refractivity contribution in [2.75, 3.05) is 18.5 Å². The molecule has 72 valence electrons. The van der Waals surface area contributed by atoms with Gasteiger partial charge in [0, 0.05) is 21.7 Å². The van der Waals surface area contributed by atoms with Crippen molar-refractivity contribution in [2.24, 2.45) is 0 Å². The van der Waals surface area contributed by atoms with Crippen molar-refractivity contribution in [2.45, 2.75) is 6.42 Å². The standard InChI is InChI=1S/C9H10BrClFN/c10-8-3-2-7(11)6-9(8)13-5-1-4-12/h2-3,6,13H,1,4-5H2. The third-order valence-corrected chi connectivity index (χ3v) is 2.48. The summed E-state index contributed by atoms with van der Waals surface area (Å²) in [6, 6.07) is 5.47. The molecule has 0 atom stereocenters. The number of rotatable bonds is 4. The van der Waals surface area contributed by atoms with E-state index in [9.17, 15) is 4.39 Å². The maximum absolute atomic E-state index is 11.8. The first kappa shape index (κ1) is 10.8. The van der Waals surface area contributed by atoms with E-state index in [0.29, 0.717) is 18.0 Å². The van der Waals surface area contributed by atoms with Gasteiger partial charge in [0.1, 0.15) is 0 Å². The first-order valence-corrected chi connectivity index (χ1v) is 5.16. The number of benzene rings is 1. The van der Waals surface area contributed by atoms with Gasteiger partial charge in [-0.05, 0) is 40.5 Å². The van der Waals surface area contributed by atoms with Crippen LogP contribution in [0.5, 0.6) is 0 Å². The van der Waals surface area contributed by atoms with Crippen LogP contribution in [0.3, 0.4) is 0 Å². The van der Waals surface area contributed by atoms with Gasteiger partial charge in [0.15, 0.2) is 0 Å². The van der Waals surface area contributed by atoms with Crippen molar-refractivity contribution in [3.63, 3.8) is 0 Å². The highest BCUT2D eigenvalue weighted by molar-refractivity contribution is 9.10. The van der Waals surface area contributed by atoms with Gasteiger partial charge in [-0.2, -0.15) is 0 Å². The summed E-state index contributed by atoms with van der Waals surface area (Å²) in [5.74, 6) is 0. The van der Waals surface area contributed by atoms with Crippen molar-refractivity contribution < 1.29 is 4.39 Å². The fraction of sp³-hybridized carbons (Fsp3) is 0.333. The Labute approximate surface area is 90.4 Å². The Morgan fingerprint density at radius 1 is 1.46 bits per heavy atom. The molecule has 0 radical (unpaired) electrons. The summed E-state index contributed by atoms with van der Waals surface area (Å²) in [6.45, 7) is 0.320. The van der Waals surface area contributed by atoms with Crippen LogP contribution in [0.1, 0.15) is 6.42 Å². The summed E-state index contributed by atoms with van der Waals surface area (Å²) in [4.78, 5) is 0. The van der Waals surface area contributed by atoms with E-state index in [0.717, 1.165) is 10.2 Å². The minimum absolute atomic E-state index is 0.300. The van der Waals surface area contributed by atoms with E-state index in [1.165, 1.54) is 0 Å². The van der Waals surface area contributed by atoms with Gasteiger partial charge in [-0.25, -0.2) is 0 Å². The van der Waals surface area contributed by atoms with Crippen molar-refractivity contribution >= 4 is 33.2 Å². The number of anilines is 1. The average molecular weight is 267 g/mol. The molecular weight excluding hydrogens is 256 g/mol. The highest BCUT2D eigenvalue weighted by Crippen LogP contribution is 2.25. The Kier molecular flexibility index (Phi) is 4.53. The van der Waals surface area contributed by atoms with Crippen molar-refractivity contribution in [1.29, 1.82) is 0 Å². The first-order chi connectivity index (χ1) is 6.24. The van der Waals surface area contributed by atoms with E-state index < -0.39 is 0 Å². The van der Waals surface area contributed by atoms with Crippen molar-refractivity contribution in [3.05, 3.63) is 27.7 Å². The molecule has 0 saturated carbocycles. The second-order valence-electron chi connectivity index (χ2n) is 2.59. The molecular formula is C9H10BrClFN. The summed E-state index contributed by atoms with van der Waals surface area (Å²) in [6.07, 6.45) is 0.513. The highest BCUT2D eigenvalue weighted by Gasteiger charge is 1.99. The third-order valence-electron chi connectivity index (χ3n) is 1.55. The number of alkyl halides is 1. The van der Waals surface area contributed by atoms with Crippen LogP contribution in [-0.2, 0) is 0 Å². The van der Waals surface area contributed by atoms with Crippen LogP contribution in [0.15, 0.2) is 22.7 Å². The predicted octanol–water partition coefficient (Wildman–Crippen LogP) is 3.87. The maximum atomic E-state index is 11.8. The van der Waals surface area contributed by atoms with Crippen LogP contribution < -0.4 is 5.32 Å². The van der Waals surface area contributed by atoms with E-state index >= 15 is 0 Å². The molecule has 0 saturated heterocycles. The number of nitrogens with one attached hydrogen (secondary N) is 1. The molecule has 1 nitrogen and oxygen atoms in total. The van der Waals surface area contributed by atoms with E-state index in [1.807, 2.05) is 12.1 Å². The monoisotopic (exact) mass is 265 g/mol. The van der Waals surface area contributed by atoms with E-state index in [-0.39, 0.29) is 6.67 Å². The summed E-state index contributed by atoms with van der Waals surface area (Å²) in [7, 11) is 0. The molecule has 13 heavy (non-hydrogen) atoms. The van der Waals surface area contributed by atoms with E-state index in [1.54, 1.807) is 6.07 Å². The van der Waals surface area contributed by atoms with Gasteiger partial charge < -0.3 is 5.32 Å². The Bertz CT molecular complexity index is 280. The Morgan fingerprint density at radius 3 is 2.92 bits per heavy atom.